The van der Waals surface area contributed by atoms with Crippen LogP contribution in [0.5, 0.6) is 0 Å². The summed E-state index contributed by atoms with van der Waals surface area (Å²) in [7, 11) is 2.05. The lowest BCUT2D eigenvalue weighted by Crippen LogP contribution is -2.53. The molecule has 2 aliphatic heterocycles. The van der Waals surface area contributed by atoms with Crippen molar-refractivity contribution in [2.45, 2.75) is 25.8 Å². The molecule has 0 radical (unpaired) electrons. The van der Waals surface area contributed by atoms with E-state index in [9.17, 15) is 9.59 Å². The van der Waals surface area contributed by atoms with E-state index in [0.717, 1.165) is 19.5 Å². The molecule has 2 saturated heterocycles. The topological polar surface area (TPSA) is 74.6 Å². The number of rotatable bonds is 3. The molecule has 0 spiro atoms. The standard InChI is InChI=1S/C20H25ClN6O2/c1-14-18(23-27(22-14)16-6-3-5-15(21)13-16)20(29)26-8-4-7-17(26)19(28)25-11-9-24(2)10-12-25/h3,5-6,13,17H,4,7-12H2,1-2H3. The Kier molecular flexibility index (Phi) is 5.56. The van der Waals surface area contributed by atoms with Crippen molar-refractivity contribution in [1.29, 1.82) is 0 Å². The largest absolute Gasteiger partial charge is 0.338 e. The molecule has 9 heteroatoms. The van der Waals surface area contributed by atoms with E-state index >= 15 is 0 Å². The molecule has 2 aromatic rings. The van der Waals surface area contributed by atoms with Crippen molar-refractivity contribution in [1.82, 2.24) is 29.7 Å². The molecule has 1 aromatic carbocycles. The Labute approximate surface area is 175 Å². The summed E-state index contributed by atoms with van der Waals surface area (Å²) in [5.41, 5.74) is 1.50. The molecule has 2 aliphatic rings. The van der Waals surface area contributed by atoms with Gasteiger partial charge in [0.2, 0.25) is 5.91 Å². The Bertz CT molecular complexity index is 921. The van der Waals surface area contributed by atoms with Gasteiger partial charge in [-0.2, -0.15) is 9.90 Å². The van der Waals surface area contributed by atoms with Crippen LogP contribution in [-0.2, 0) is 4.79 Å². The summed E-state index contributed by atoms with van der Waals surface area (Å²) >= 11 is 6.06. The highest BCUT2D eigenvalue weighted by Gasteiger charge is 2.38. The van der Waals surface area contributed by atoms with Gasteiger partial charge in [-0.3, -0.25) is 9.59 Å². The fourth-order valence-corrected chi connectivity index (χ4v) is 4.12. The molecule has 154 valence electrons. The van der Waals surface area contributed by atoms with Gasteiger partial charge in [0.1, 0.15) is 6.04 Å². The van der Waals surface area contributed by atoms with Crippen LogP contribution in [-0.4, -0.2) is 87.3 Å². The van der Waals surface area contributed by atoms with Crippen LogP contribution in [0.3, 0.4) is 0 Å². The molecule has 2 amide bonds. The number of likely N-dealkylation sites (N-methyl/N-ethyl adjacent to an activating group) is 1. The second-order valence-corrected chi connectivity index (χ2v) is 8.12. The lowest BCUT2D eigenvalue weighted by atomic mass is 10.1. The molecule has 1 unspecified atom stereocenters. The lowest BCUT2D eigenvalue weighted by molar-refractivity contribution is -0.136. The van der Waals surface area contributed by atoms with Gasteiger partial charge < -0.3 is 14.7 Å². The SMILES string of the molecule is Cc1nn(-c2cccc(Cl)c2)nc1C(=O)N1CCCC1C(=O)N1CCN(C)CC1. The molecule has 29 heavy (non-hydrogen) atoms. The van der Waals surface area contributed by atoms with E-state index in [2.05, 4.69) is 22.1 Å². The maximum Gasteiger partial charge on any atom is 0.277 e. The highest BCUT2D eigenvalue weighted by atomic mass is 35.5. The van der Waals surface area contributed by atoms with Gasteiger partial charge in [-0.15, -0.1) is 5.10 Å². The zero-order chi connectivity index (χ0) is 20.5. The van der Waals surface area contributed by atoms with Crippen LogP contribution in [0, 0.1) is 6.92 Å². The number of benzene rings is 1. The third-order valence-corrected chi connectivity index (χ3v) is 5.87. The quantitative estimate of drug-likeness (QED) is 0.759. The number of halogens is 1. The summed E-state index contributed by atoms with van der Waals surface area (Å²) in [5, 5.41) is 9.36. The highest BCUT2D eigenvalue weighted by molar-refractivity contribution is 6.30. The second-order valence-electron chi connectivity index (χ2n) is 7.69. The van der Waals surface area contributed by atoms with Crippen molar-refractivity contribution in [3.8, 4) is 5.69 Å². The number of amides is 2. The maximum absolute atomic E-state index is 13.2. The molecule has 2 fully saturated rings. The molecule has 4 rings (SSSR count). The third-order valence-electron chi connectivity index (χ3n) is 5.64. The van der Waals surface area contributed by atoms with Crippen LogP contribution >= 0.6 is 11.6 Å². The zero-order valence-electron chi connectivity index (χ0n) is 16.7. The Morgan fingerprint density at radius 3 is 2.59 bits per heavy atom. The summed E-state index contributed by atoms with van der Waals surface area (Å²) in [6, 6.07) is 6.73. The molecule has 0 saturated carbocycles. The van der Waals surface area contributed by atoms with E-state index in [1.807, 2.05) is 17.0 Å². The highest BCUT2D eigenvalue weighted by Crippen LogP contribution is 2.23. The predicted molar refractivity (Wildman–Crippen MR) is 109 cm³/mol. The number of aromatic nitrogens is 3. The van der Waals surface area contributed by atoms with Gasteiger partial charge in [0, 0.05) is 37.7 Å². The minimum atomic E-state index is -0.415. The van der Waals surface area contributed by atoms with Crippen LogP contribution in [0.2, 0.25) is 5.02 Å². The van der Waals surface area contributed by atoms with Crippen molar-refractivity contribution in [2.24, 2.45) is 0 Å². The van der Waals surface area contributed by atoms with Crippen molar-refractivity contribution in [3.05, 3.63) is 40.7 Å². The van der Waals surface area contributed by atoms with Gasteiger partial charge >= 0.3 is 0 Å². The number of piperazine rings is 1. The van der Waals surface area contributed by atoms with Gasteiger partial charge in [-0.25, -0.2) is 0 Å². The van der Waals surface area contributed by atoms with Crippen LogP contribution in [0.4, 0.5) is 0 Å². The number of aryl methyl sites for hydroxylation is 1. The summed E-state index contributed by atoms with van der Waals surface area (Å²) in [6.07, 6.45) is 1.51. The Morgan fingerprint density at radius 2 is 1.86 bits per heavy atom. The van der Waals surface area contributed by atoms with Crippen molar-refractivity contribution >= 4 is 23.4 Å². The van der Waals surface area contributed by atoms with E-state index in [4.69, 9.17) is 11.6 Å². The van der Waals surface area contributed by atoms with E-state index < -0.39 is 6.04 Å². The van der Waals surface area contributed by atoms with Crippen LogP contribution in [0.15, 0.2) is 24.3 Å². The normalized spacial score (nSPS) is 20.3. The number of carbonyl (C=O) groups excluding carboxylic acids is 2. The minimum absolute atomic E-state index is 0.0452. The van der Waals surface area contributed by atoms with Crippen molar-refractivity contribution in [3.63, 3.8) is 0 Å². The monoisotopic (exact) mass is 416 g/mol. The minimum Gasteiger partial charge on any atom is -0.338 e. The third kappa shape index (κ3) is 4.00. The average molecular weight is 417 g/mol. The molecule has 0 bridgehead atoms. The van der Waals surface area contributed by atoms with E-state index in [0.29, 0.717) is 42.5 Å². The molecule has 3 heterocycles. The van der Waals surface area contributed by atoms with E-state index in [-0.39, 0.29) is 17.5 Å². The fourth-order valence-electron chi connectivity index (χ4n) is 3.93. The first-order chi connectivity index (χ1) is 13.9. The van der Waals surface area contributed by atoms with Crippen molar-refractivity contribution in [2.75, 3.05) is 39.8 Å². The number of nitrogens with zero attached hydrogens (tertiary/aromatic N) is 6. The van der Waals surface area contributed by atoms with Gasteiger partial charge in [0.05, 0.1) is 11.4 Å². The summed E-state index contributed by atoms with van der Waals surface area (Å²) in [5.74, 6) is -0.190. The molecule has 1 aromatic heterocycles. The van der Waals surface area contributed by atoms with Gasteiger partial charge in [-0.05, 0) is 45.0 Å². The zero-order valence-corrected chi connectivity index (χ0v) is 17.5. The van der Waals surface area contributed by atoms with Crippen molar-refractivity contribution < 1.29 is 9.59 Å². The van der Waals surface area contributed by atoms with Gasteiger partial charge in [0.25, 0.3) is 5.91 Å². The maximum atomic E-state index is 13.2. The molecule has 8 nitrogen and oxygen atoms in total. The Balaban J connectivity index is 1.53. The molecular weight excluding hydrogens is 392 g/mol. The Hall–Kier alpha value is -2.45. The van der Waals surface area contributed by atoms with Crippen LogP contribution < -0.4 is 0 Å². The van der Waals surface area contributed by atoms with Gasteiger partial charge in [-0.1, -0.05) is 17.7 Å². The summed E-state index contributed by atoms with van der Waals surface area (Å²) < 4.78 is 0. The Morgan fingerprint density at radius 1 is 1.10 bits per heavy atom. The van der Waals surface area contributed by atoms with Gasteiger partial charge in [0.15, 0.2) is 5.69 Å². The average Bonchev–Trinajstić information content (AvgIpc) is 3.34. The summed E-state index contributed by atoms with van der Waals surface area (Å²) in [4.78, 5) is 33.5. The second kappa shape index (κ2) is 8.12. The summed E-state index contributed by atoms with van der Waals surface area (Å²) in [6.45, 7) is 5.45. The predicted octanol–water partition coefficient (Wildman–Crippen LogP) is 1.61. The molecule has 0 N–H and O–H groups in total. The first-order valence-corrected chi connectivity index (χ1v) is 10.3. The first kappa shape index (κ1) is 19.8. The first-order valence-electron chi connectivity index (χ1n) is 9.92. The number of likely N-dealkylation sites (tertiary alicyclic amines) is 1. The van der Waals surface area contributed by atoms with Crippen LogP contribution in [0.1, 0.15) is 29.0 Å². The molecule has 0 aliphatic carbocycles. The van der Waals surface area contributed by atoms with E-state index in [1.165, 1.54) is 4.80 Å². The number of hydrogen-bond donors (Lipinski definition) is 0. The van der Waals surface area contributed by atoms with Crippen LogP contribution in [0.25, 0.3) is 5.69 Å². The van der Waals surface area contributed by atoms with E-state index in [1.54, 1.807) is 24.0 Å². The molecule has 1 atom stereocenters. The fraction of sp³-hybridized carbons (Fsp3) is 0.500. The smallest absolute Gasteiger partial charge is 0.277 e. The molecular formula is C20H25ClN6O2. The number of hydrogen-bond acceptors (Lipinski definition) is 5. The lowest BCUT2D eigenvalue weighted by Gasteiger charge is -2.35. The number of carbonyl (C=O) groups is 2.